The van der Waals surface area contributed by atoms with E-state index in [1.807, 2.05) is 29.1 Å². The van der Waals surface area contributed by atoms with E-state index in [4.69, 9.17) is 4.74 Å². The van der Waals surface area contributed by atoms with E-state index >= 15 is 0 Å². The molecule has 0 aliphatic rings. The van der Waals surface area contributed by atoms with Crippen LogP contribution in [-0.2, 0) is 6.54 Å². The summed E-state index contributed by atoms with van der Waals surface area (Å²) in [5, 5.41) is 4.18. The molecule has 0 aliphatic heterocycles. The van der Waals surface area contributed by atoms with Gasteiger partial charge in [0.2, 0.25) is 0 Å². The van der Waals surface area contributed by atoms with Crippen molar-refractivity contribution >= 4 is 0 Å². The third-order valence-electron chi connectivity index (χ3n) is 2.33. The summed E-state index contributed by atoms with van der Waals surface area (Å²) in [4.78, 5) is 0. The van der Waals surface area contributed by atoms with Gasteiger partial charge in [0.1, 0.15) is 5.75 Å². The minimum absolute atomic E-state index is 0.748. The zero-order valence-electron chi connectivity index (χ0n) is 8.97. The Morgan fingerprint density at radius 2 is 2.27 bits per heavy atom. The van der Waals surface area contributed by atoms with Crippen LogP contribution in [0, 0.1) is 6.92 Å². The highest BCUT2D eigenvalue weighted by Gasteiger charge is 2.03. The van der Waals surface area contributed by atoms with Crippen molar-refractivity contribution in [3.8, 4) is 5.75 Å². The Bertz CT molecular complexity index is 435. The molecule has 78 valence electrons. The molecule has 1 aromatic carbocycles. The molecule has 2 rings (SSSR count). The van der Waals surface area contributed by atoms with Gasteiger partial charge in [0, 0.05) is 18.0 Å². The first kappa shape index (κ1) is 9.77. The van der Waals surface area contributed by atoms with Gasteiger partial charge in [-0.3, -0.25) is 4.68 Å². The molecule has 0 spiro atoms. The van der Waals surface area contributed by atoms with E-state index in [2.05, 4.69) is 18.1 Å². The van der Waals surface area contributed by atoms with Gasteiger partial charge in [-0.05, 0) is 19.1 Å². The molecule has 15 heavy (non-hydrogen) atoms. The number of hydrogen-bond donors (Lipinski definition) is 0. The minimum atomic E-state index is 0.748. The van der Waals surface area contributed by atoms with E-state index in [1.165, 1.54) is 5.56 Å². The van der Waals surface area contributed by atoms with Crippen LogP contribution < -0.4 is 4.74 Å². The van der Waals surface area contributed by atoms with Crippen LogP contribution in [0.2, 0.25) is 0 Å². The molecule has 0 atom stereocenters. The quantitative estimate of drug-likeness (QED) is 0.763. The van der Waals surface area contributed by atoms with E-state index in [9.17, 15) is 0 Å². The maximum Gasteiger partial charge on any atom is 0.123 e. The summed E-state index contributed by atoms with van der Waals surface area (Å²) in [6.07, 6.45) is 3.73. The summed E-state index contributed by atoms with van der Waals surface area (Å²) >= 11 is 0. The Morgan fingerprint density at radius 1 is 1.40 bits per heavy atom. The zero-order valence-corrected chi connectivity index (χ0v) is 8.97. The fourth-order valence-corrected chi connectivity index (χ4v) is 1.60. The summed E-state index contributed by atoms with van der Waals surface area (Å²) in [7, 11) is 1.69. The Labute approximate surface area is 89.3 Å². The van der Waals surface area contributed by atoms with Gasteiger partial charge >= 0.3 is 0 Å². The van der Waals surface area contributed by atoms with Crippen LogP contribution in [0.3, 0.4) is 0 Å². The number of aromatic nitrogens is 2. The summed E-state index contributed by atoms with van der Waals surface area (Å²) in [6.45, 7) is 2.82. The lowest BCUT2D eigenvalue weighted by Crippen LogP contribution is -2.02. The van der Waals surface area contributed by atoms with Gasteiger partial charge in [0.05, 0.1) is 13.7 Å². The Morgan fingerprint density at radius 3 is 2.93 bits per heavy atom. The second-order valence-electron chi connectivity index (χ2n) is 3.52. The molecule has 0 bridgehead atoms. The van der Waals surface area contributed by atoms with Crippen molar-refractivity contribution < 1.29 is 4.74 Å². The Hall–Kier alpha value is -1.77. The van der Waals surface area contributed by atoms with Gasteiger partial charge in [-0.2, -0.15) is 5.10 Å². The second-order valence-corrected chi connectivity index (χ2v) is 3.52. The molecule has 0 saturated carbocycles. The predicted octanol–water partition coefficient (Wildman–Crippen LogP) is 2.25. The van der Waals surface area contributed by atoms with Crippen LogP contribution in [0.15, 0.2) is 36.7 Å². The van der Waals surface area contributed by atoms with Crippen molar-refractivity contribution in [1.82, 2.24) is 9.78 Å². The highest BCUT2D eigenvalue weighted by molar-refractivity contribution is 5.36. The van der Waals surface area contributed by atoms with Gasteiger partial charge in [-0.25, -0.2) is 0 Å². The number of rotatable bonds is 3. The van der Waals surface area contributed by atoms with Crippen LogP contribution >= 0.6 is 0 Å². The van der Waals surface area contributed by atoms with Crippen LogP contribution in [0.25, 0.3) is 0 Å². The Kier molecular flexibility index (Phi) is 2.72. The molecule has 0 saturated heterocycles. The zero-order chi connectivity index (χ0) is 10.7. The normalized spacial score (nSPS) is 10.3. The van der Waals surface area contributed by atoms with E-state index in [-0.39, 0.29) is 0 Å². The van der Waals surface area contributed by atoms with E-state index in [0.717, 1.165) is 17.9 Å². The number of methoxy groups -OCH3 is 1. The number of ether oxygens (including phenoxy) is 1. The first-order chi connectivity index (χ1) is 7.29. The minimum Gasteiger partial charge on any atom is -0.496 e. The first-order valence-corrected chi connectivity index (χ1v) is 4.90. The van der Waals surface area contributed by atoms with Crippen molar-refractivity contribution in [1.29, 1.82) is 0 Å². The standard InChI is InChI=1S/C12H14N2O/c1-10-4-5-12(15-2)11(8-10)9-14-7-3-6-13-14/h3-8H,9H2,1-2H3. The molecule has 0 radical (unpaired) electrons. The van der Waals surface area contributed by atoms with Gasteiger partial charge < -0.3 is 4.74 Å². The topological polar surface area (TPSA) is 27.1 Å². The van der Waals surface area contributed by atoms with Crippen molar-refractivity contribution in [2.45, 2.75) is 13.5 Å². The largest absolute Gasteiger partial charge is 0.496 e. The van der Waals surface area contributed by atoms with E-state index < -0.39 is 0 Å². The molecular formula is C12H14N2O. The lowest BCUT2D eigenvalue weighted by molar-refractivity contribution is 0.407. The maximum absolute atomic E-state index is 5.31. The molecule has 0 aliphatic carbocycles. The Balaban J connectivity index is 2.30. The van der Waals surface area contributed by atoms with E-state index in [1.54, 1.807) is 13.3 Å². The third kappa shape index (κ3) is 2.18. The molecule has 0 amide bonds. The van der Waals surface area contributed by atoms with Crippen LogP contribution in [0.1, 0.15) is 11.1 Å². The summed E-state index contributed by atoms with van der Waals surface area (Å²) < 4.78 is 7.19. The summed E-state index contributed by atoms with van der Waals surface area (Å²) in [5.41, 5.74) is 2.39. The fraction of sp³-hybridized carbons (Fsp3) is 0.250. The number of benzene rings is 1. The monoisotopic (exact) mass is 202 g/mol. The van der Waals surface area contributed by atoms with Gasteiger partial charge in [0.15, 0.2) is 0 Å². The predicted molar refractivity (Wildman–Crippen MR) is 59.1 cm³/mol. The highest BCUT2D eigenvalue weighted by atomic mass is 16.5. The van der Waals surface area contributed by atoms with Gasteiger partial charge in [0.25, 0.3) is 0 Å². The van der Waals surface area contributed by atoms with Crippen molar-refractivity contribution in [3.63, 3.8) is 0 Å². The number of aryl methyl sites for hydroxylation is 1. The number of hydrogen-bond acceptors (Lipinski definition) is 2. The molecule has 3 heteroatoms. The lowest BCUT2D eigenvalue weighted by Gasteiger charge is -2.09. The van der Waals surface area contributed by atoms with Crippen molar-refractivity contribution in [2.24, 2.45) is 0 Å². The average molecular weight is 202 g/mol. The highest BCUT2D eigenvalue weighted by Crippen LogP contribution is 2.20. The van der Waals surface area contributed by atoms with Crippen molar-refractivity contribution in [2.75, 3.05) is 7.11 Å². The van der Waals surface area contributed by atoms with Crippen LogP contribution in [-0.4, -0.2) is 16.9 Å². The third-order valence-corrected chi connectivity index (χ3v) is 2.33. The molecular weight excluding hydrogens is 188 g/mol. The van der Waals surface area contributed by atoms with Crippen LogP contribution in [0.4, 0.5) is 0 Å². The van der Waals surface area contributed by atoms with Crippen molar-refractivity contribution in [3.05, 3.63) is 47.8 Å². The van der Waals surface area contributed by atoms with Gasteiger partial charge in [-0.15, -0.1) is 0 Å². The number of nitrogens with zero attached hydrogens (tertiary/aromatic N) is 2. The molecule has 0 unspecified atom stereocenters. The first-order valence-electron chi connectivity index (χ1n) is 4.90. The molecule has 1 heterocycles. The molecule has 1 aromatic heterocycles. The van der Waals surface area contributed by atoms with E-state index in [0.29, 0.717) is 0 Å². The van der Waals surface area contributed by atoms with Gasteiger partial charge in [-0.1, -0.05) is 17.7 Å². The maximum atomic E-state index is 5.31. The smallest absolute Gasteiger partial charge is 0.123 e. The fourth-order valence-electron chi connectivity index (χ4n) is 1.60. The summed E-state index contributed by atoms with van der Waals surface area (Å²) in [6, 6.07) is 8.09. The molecule has 3 nitrogen and oxygen atoms in total. The van der Waals surface area contributed by atoms with Crippen LogP contribution in [0.5, 0.6) is 5.75 Å². The molecule has 0 fully saturated rings. The molecule has 2 aromatic rings. The average Bonchev–Trinajstić information content (AvgIpc) is 2.71. The summed E-state index contributed by atoms with van der Waals surface area (Å²) in [5.74, 6) is 0.913. The lowest BCUT2D eigenvalue weighted by atomic mass is 10.1. The molecule has 0 N–H and O–H groups in total. The SMILES string of the molecule is COc1ccc(C)cc1Cn1cccn1. The second kappa shape index (κ2) is 4.17.